The van der Waals surface area contributed by atoms with Crippen molar-refractivity contribution in [1.29, 1.82) is 0 Å². The van der Waals surface area contributed by atoms with Gasteiger partial charge < -0.3 is 14.5 Å². The van der Waals surface area contributed by atoms with E-state index in [0.717, 1.165) is 9.87 Å². The molecule has 2 N–H and O–H groups in total. The van der Waals surface area contributed by atoms with E-state index in [1.807, 2.05) is 30.3 Å². The number of aromatic amines is 1. The van der Waals surface area contributed by atoms with E-state index in [0.29, 0.717) is 11.2 Å². The van der Waals surface area contributed by atoms with Gasteiger partial charge in [-0.25, -0.2) is 13.2 Å². The normalized spacial score (nSPS) is 15.6. The molecule has 0 spiro atoms. The number of ether oxygens (including phenoxy) is 1. The zero-order chi connectivity index (χ0) is 23.0. The molecule has 0 aliphatic carbocycles. The molecule has 0 fully saturated rings. The van der Waals surface area contributed by atoms with Gasteiger partial charge in [-0.15, -0.1) is 0 Å². The smallest absolute Gasteiger partial charge is 0.417 e. The Morgan fingerprint density at radius 2 is 1.82 bits per heavy atom. The quantitative estimate of drug-likeness (QED) is 0.467. The maximum absolute atomic E-state index is 13.6. The van der Waals surface area contributed by atoms with Crippen LogP contribution in [0.15, 0.2) is 86.9 Å². The topological polar surface area (TPSA) is 122 Å². The number of fused-ring (bicyclic) bond motifs is 2. The molecule has 1 aromatic heterocycles. The zero-order valence-corrected chi connectivity index (χ0v) is 18.0. The Kier molecular flexibility index (Phi) is 5.14. The van der Waals surface area contributed by atoms with Crippen LogP contribution in [0, 0.1) is 0 Å². The summed E-state index contributed by atoms with van der Waals surface area (Å²) in [7, 11) is -4.09. The van der Waals surface area contributed by atoms with Crippen molar-refractivity contribution in [3.63, 3.8) is 0 Å². The van der Waals surface area contributed by atoms with Crippen LogP contribution in [0.1, 0.15) is 5.56 Å². The Bertz CT molecular complexity index is 1490. The third kappa shape index (κ3) is 3.96. The molecular weight excluding hydrogens is 446 g/mol. The number of H-pyrrole nitrogens is 1. The van der Waals surface area contributed by atoms with Crippen LogP contribution in [0.25, 0.3) is 11.1 Å². The van der Waals surface area contributed by atoms with E-state index in [-0.39, 0.29) is 29.3 Å². The summed E-state index contributed by atoms with van der Waals surface area (Å²) in [6.07, 6.45) is -1.05. The number of hydrogen-bond donors (Lipinski definition) is 2. The molecule has 0 radical (unpaired) electrons. The van der Waals surface area contributed by atoms with Gasteiger partial charge in [0.15, 0.2) is 11.7 Å². The van der Waals surface area contributed by atoms with Crippen molar-refractivity contribution in [1.82, 2.24) is 10.3 Å². The first-order chi connectivity index (χ1) is 15.9. The molecule has 1 aliphatic heterocycles. The van der Waals surface area contributed by atoms with Gasteiger partial charge in [-0.2, -0.15) is 0 Å². The molecule has 4 aromatic rings. The van der Waals surface area contributed by atoms with Gasteiger partial charge in [0, 0.05) is 12.6 Å². The minimum absolute atomic E-state index is 0.0714. The van der Waals surface area contributed by atoms with Crippen molar-refractivity contribution in [3.8, 4) is 5.75 Å². The Morgan fingerprint density at radius 3 is 2.64 bits per heavy atom. The van der Waals surface area contributed by atoms with Gasteiger partial charge in [-0.3, -0.25) is 14.1 Å². The highest BCUT2D eigenvalue weighted by Crippen LogP contribution is 2.37. The summed E-state index contributed by atoms with van der Waals surface area (Å²) in [5, 5.41) is 2.80. The maximum atomic E-state index is 13.6. The monoisotopic (exact) mass is 465 g/mol. The van der Waals surface area contributed by atoms with Gasteiger partial charge in [-0.05, 0) is 29.8 Å². The first kappa shape index (κ1) is 20.8. The number of oxazole rings is 1. The SMILES string of the molecule is O=C(NCc1ccccc1)[C@@H]1CN(S(=O)(=O)c2ccc3[nH]c(=O)oc3c2)c2ccccc2O1. The van der Waals surface area contributed by atoms with E-state index in [1.165, 1.54) is 18.2 Å². The van der Waals surface area contributed by atoms with Crippen molar-refractivity contribution >= 4 is 32.7 Å². The fourth-order valence-electron chi connectivity index (χ4n) is 3.68. The molecule has 1 atom stereocenters. The second-order valence-corrected chi connectivity index (χ2v) is 9.35. The van der Waals surface area contributed by atoms with Gasteiger partial charge in [0.2, 0.25) is 0 Å². The van der Waals surface area contributed by atoms with Crippen LogP contribution in [-0.2, 0) is 21.4 Å². The predicted molar refractivity (Wildman–Crippen MR) is 121 cm³/mol. The first-order valence-electron chi connectivity index (χ1n) is 10.1. The number of benzene rings is 3. The van der Waals surface area contributed by atoms with Crippen LogP contribution < -0.4 is 20.1 Å². The van der Waals surface area contributed by atoms with Gasteiger partial charge in [0.05, 0.1) is 22.6 Å². The van der Waals surface area contributed by atoms with Crippen LogP contribution in [0.2, 0.25) is 0 Å². The average molecular weight is 465 g/mol. The van der Waals surface area contributed by atoms with Gasteiger partial charge >= 0.3 is 5.76 Å². The molecule has 5 rings (SSSR count). The summed E-state index contributed by atoms with van der Waals surface area (Å²) < 4.78 is 39.1. The summed E-state index contributed by atoms with van der Waals surface area (Å²) in [5.41, 5.74) is 1.74. The van der Waals surface area contributed by atoms with E-state index < -0.39 is 27.8 Å². The highest BCUT2D eigenvalue weighted by Gasteiger charge is 2.37. The molecule has 168 valence electrons. The largest absolute Gasteiger partial charge is 0.476 e. The lowest BCUT2D eigenvalue weighted by Crippen LogP contribution is -2.50. The molecule has 0 bridgehead atoms. The number of aromatic nitrogens is 1. The molecule has 1 aliphatic rings. The molecule has 9 nitrogen and oxygen atoms in total. The zero-order valence-electron chi connectivity index (χ0n) is 17.2. The van der Waals surface area contributed by atoms with Crippen LogP contribution >= 0.6 is 0 Å². The maximum Gasteiger partial charge on any atom is 0.417 e. The number of para-hydroxylation sites is 2. The van der Waals surface area contributed by atoms with Crippen molar-refractivity contribution in [2.75, 3.05) is 10.8 Å². The number of amides is 1. The number of carbonyl (C=O) groups is 1. The number of nitrogens with one attached hydrogen (secondary N) is 2. The third-order valence-electron chi connectivity index (χ3n) is 5.32. The molecule has 0 saturated carbocycles. The number of carbonyl (C=O) groups excluding carboxylic acids is 1. The number of anilines is 1. The van der Waals surface area contributed by atoms with Crippen LogP contribution in [-0.4, -0.2) is 32.0 Å². The number of nitrogens with zero attached hydrogens (tertiary/aromatic N) is 1. The van der Waals surface area contributed by atoms with Gasteiger partial charge in [-0.1, -0.05) is 42.5 Å². The molecular formula is C23H19N3O6S. The summed E-state index contributed by atoms with van der Waals surface area (Å²) in [4.78, 5) is 26.7. The van der Waals surface area contributed by atoms with E-state index in [1.54, 1.807) is 24.3 Å². The lowest BCUT2D eigenvalue weighted by Gasteiger charge is -2.34. The minimum atomic E-state index is -4.09. The Morgan fingerprint density at radius 1 is 1.06 bits per heavy atom. The fraction of sp³-hybridized carbons (Fsp3) is 0.130. The lowest BCUT2D eigenvalue weighted by atomic mass is 10.2. The van der Waals surface area contributed by atoms with Crippen molar-refractivity contribution in [2.45, 2.75) is 17.5 Å². The molecule has 0 unspecified atom stereocenters. The Labute approximate surface area is 188 Å². The second kappa shape index (κ2) is 8.14. The molecule has 0 saturated heterocycles. The van der Waals surface area contributed by atoms with Crippen LogP contribution in [0.3, 0.4) is 0 Å². The summed E-state index contributed by atoms with van der Waals surface area (Å²) in [6, 6.07) is 20.1. The van der Waals surface area contributed by atoms with Gasteiger partial charge in [0.1, 0.15) is 5.75 Å². The highest BCUT2D eigenvalue weighted by molar-refractivity contribution is 7.92. The standard InChI is InChI=1S/C23H19N3O6S/c27-22(24-13-15-6-2-1-3-7-15)21-14-26(18-8-4-5-9-19(18)31-21)33(29,30)16-10-11-17-20(12-16)32-23(28)25-17/h1-12,21H,13-14H2,(H,24,27)(H,25,28)/t21-/m0/s1. The van der Waals surface area contributed by atoms with Gasteiger partial charge in [0.25, 0.3) is 15.9 Å². The number of hydrogen-bond acceptors (Lipinski definition) is 6. The van der Waals surface area contributed by atoms with E-state index in [9.17, 15) is 18.0 Å². The molecule has 10 heteroatoms. The fourth-order valence-corrected chi connectivity index (χ4v) is 5.17. The van der Waals surface area contributed by atoms with Crippen molar-refractivity contribution < 1.29 is 22.4 Å². The third-order valence-corrected chi connectivity index (χ3v) is 7.09. The van der Waals surface area contributed by atoms with Crippen LogP contribution in [0.5, 0.6) is 5.75 Å². The molecule has 2 heterocycles. The van der Waals surface area contributed by atoms with E-state index in [4.69, 9.17) is 9.15 Å². The van der Waals surface area contributed by atoms with Crippen molar-refractivity contribution in [3.05, 3.63) is 88.9 Å². The Hall–Kier alpha value is -4.05. The van der Waals surface area contributed by atoms with Crippen molar-refractivity contribution in [2.24, 2.45) is 0 Å². The van der Waals surface area contributed by atoms with E-state index >= 15 is 0 Å². The molecule has 33 heavy (non-hydrogen) atoms. The second-order valence-electron chi connectivity index (χ2n) is 7.49. The highest BCUT2D eigenvalue weighted by atomic mass is 32.2. The van der Waals surface area contributed by atoms with Crippen LogP contribution in [0.4, 0.5) is 5.69 Å². The average Bonchev–Trinajstić information content (AvgIpc) is 3.21. The summed E-state index contributed by atoms with van der Waals surface area (Å²) >= 11 is 0. The first-order valence-corrected chi connectivity index (χ1v) is 11.6. The molecule has 3 aromatic carbocycles. The number of rotatable bonds is 5. The summed E-state index contributed by atoms with van der Waals surface area (Å²) in [6.45, 7) is 0.0756. The summed E-state index contributed by atoms with van der Waals surface area (Å²) in [5.74, 6) is -0.825. The number of sulfonamides is 1. The Balaban J connectivity index is 1.46. The van der Waals surface area contributed by atoms with E-state index in [2.05, 4.69) is 10.3 Å². The predicted octanol–water partition coefficient (Wildman–Crippen LogP) is 2.39. The minimum Gasteiger partial charge on any atom is -0.476 e. The molecule has 1 amide bonds. The lowest BCUT2D eigenvalue weighted by molar-refractivity contribution is -0.127.